The van der Waals surface area contributed by atoms with Gasteiger partial charge in [0.15, 0.2) is 0 Å². The van der Waals surface area contributed by atoms with Gasteiger partial charge in [-0.3, -0.25) is 0 Å². The minimum absolute atomic E-state index is 0.249. The molecule has 0 bridgehead atoms. The van der Waals surface area contributed by atoms with Crippen LogP contribution in [-0.4, -0.2) is 12.6 Å². The first-order valence-electron chi connectivity index (χ1n) is 4.07. The Hall–Kier alpha value is -0.790. The first-order valence-corrected chi connectivity index (χ1v) is 4.07. The van der Waals surface area contributed by atoms with E-state index in [0.29, 0.717) is 18.6 Å². The minimum Gasteiger partial charge on any atom is -0.462 e. The number of hydrogen-bond acceptors (Lipinski definition) is 2. The van der Waals surface area contributed by atoms with Crippen molar-refractivity contribution in [2.24, 2.45) is 0 Å². The van der Waals surface area contributed by atoms with Gasteiger partial charge in [-0.1, -0.05) is 26.8 Å². The molecular formula is C9H16O2. The number of rotatable bonds is 5. The summed E-state index contributed by atoms with van der Waals surface area (Å²) >= 11 is 0. The molecule has 0 fully saturated rings. The van der Waals surface area contributed by atoms with Crippen LogP contribution in [0.25, 0.3) is 0 Å². The Labute approximate surface area is 68.2 Å². The van der Waals surface area contributed by atoms with Crippen molar-refractivity contribution in [3.05, 3.63) is 12.2 Å². The van der Waals surface area contributed by atoms with Crippen LogP contribution >= 0.6 is 0 Å². The van der Waals surface area contributed by atoms with E-state index in [-0.39, 0.29) is 5.97 Å². The van der Waals surface area contributed by atoms with Gasteiger partial charge in [0, 0.05) is 5.57 Å². The molecule has 0 unspecified atom stereocenters. The normalized spacial score (nSPS) is 9.27. The molecule has 2 heteroatoms. The molecule has 0 aliphatic rings. The van der Waals surface area contributed by atoms with Crippen molar-refractivity contribution in [2.75, 3.05) is 6.61 Å². The molecule has 0 saturated heterocycles. The Morgan fingerprint density at radius 2 is 2.09 bits per heavy atom. The van der Waals surface area contributed by atoms with Crippen LogP contribution in [0.15, 0.2) is 12.2 Å². The summed E-state index contributed by atoms with van der Waals surface area (Å²) in [6.45, 7) is 8.05. The van der Waals surface area contributed by atoms with Crippen molar-refractivity contribution < 1.29 is 9.53 Å². The van der Waals surface area contributed by atoms with Crippen molar-refractivity contribution in [3.63, 3.8) is 0 Å². The summed E-state index contributed by atoms with van der Waals surface area (Å²) < 4.78 is 4.90. The maximum Gasteiger partial charge on any atom is 0.333 e. The van der Waals surface area contributed by atoms with Crippen molar-refractivity contribution >= 4 is 5.97 Å². The molecule has 64 valence electrons. The van der Waals surface area contributed by atoms with Gasteiger partial charge < -0.3 is 4.74 Å². The van der Waals surface area contributed by atoms with Gasteiger partial charge in [-0.05, 0) is 12.8 Å². The van der Waals surface area contributed by atoms with Crippen molar-refractivity contribution in [3.8, 4) is 0 Å². The summed E-state index contributed by atoms with van der Waals surface area (Å²) in [5.74, 6) is -0.249. The lowest BCUT2D eigenvalue weighted by Gasteiger charge is -2.03. The molecule has 0 saturated carbocycles. The van der Waals surface area contributed by atoms with Crippen LogP contribution in [0, 0.1) is 0 Å². The molecule has 11 heavy (non-hydrogen) atoms. The Morgan fingerprint density at radius 3 is 2.55 bits per heavy atom. The van der Waals surface area contributed by atoms with E-state index in [2.05, 4.69) is 13.5 Å². The lowest BCUT2D eigenvalue weighted by atomic mass is 10.2. The second-order valence-electron chi connectivity index (χ2n) is 2.45. The first-order chi connectivity index (χ1) is 5.22. The van der Waals surface area contributed by atoms with Crippen molar-refractivity contribution in [1.29, 1.82) is 0 Å². The fourth-order valence-electron chi connectivity index (χ4n) is 0.556. The zero-order chi connectivity index (χ0) is 8.69. The molecule has 0 aliphatic carbocycles. The van der Waals surface area contributed by atoms with Crippen molar-refractivity contribution in [2.45, 2.75) is 33.1 Å². The van der Waals surface area contributed by atoms with E-state index in [9.17, 15) is 4.79 Å². The second kappa shape index (κ2) is 5.96. The van der Waals surface area contributed by atoms with Gasteiger partial charge in [0.05, 0.1) is 6.61 Å². The topological polar surface area (TPSA) is 26.3 Å². The molecule has 0 aromatic rings. The lowest BCUT2D eigenvalue weighted by Crippen LogP contribution is -2.07. The number of carbonyl (C=O) groups is 1. The van der Waals surface area contributed by atoms with Crippen molar-refractivity contribution in [1.82, 2.24) is 0 Å². The average molecular weight is 156 g/mol. The molecule has 0 radical (unpaired) electrons. The fraction of sp³-hybridized carbons (Fsp3) is 0.667. The lowest BCUT2D eigenvalue weighted by molar-refractivity contribution is -0.139. The molecule has 0 atom stereocenters. The summed E-state index contributed by atoms with van der Waals surface area (Å²) in [4.78, 5) is 10.9. The number of carbonyl (C=O) groups excluding carboxylic acids is 1. The fourth-order valence-corrected chi connectivity index (χ4v) is 0.556. The highest BCUT2D eigenvalue weighted by Gasteiger charge is 2.04. The average Bonchev–Trinajstić information content (AvgIpc) is 2.03. The molecule has 0 N–H and O–H groups in total. The molecule has 0 heterocycles. The van der Waals surface area contributed by atoms with Crippen LogP contribution < -0.4 is 0 Å². The molecule has 0 aliphatic heterocycles. The number of hydrogen-bond donors (Lipinski definition) is 0. The van der Waals surface area contributed by atoms with Gasteiger partial charge >= 0.3 is 5.97 Å². The quantitative estimate of drug-likeness (QED) is 0.347. The highest BCUT2D eigenvalue weighted by molar-refractivity contribution is 5.87. The van der Waals surface area contributed by atoms with E-state index in [0.717, 1.165) is 12.8 Å². The maximum atomic E-state index is 10.9. The molecule has 0 rings (SSSR count). The van der Waals surface area contributed by atoms with Crippen LogP contribution in [0.5, 0.6) is 0 Å². The van der Waals surface area contributed by atoms with Gasteiger partial charge in [-0.25, -0.2) is 4.79 Å². The van der Waals surface area contributed by atoms with Crippen LogP contribution in [0.1, 0.15) is 33.1 Å². The Bertz CT molecular complexity index is 138. The largest absolute Gasteiger partial charge is 0.462 e. The highest BCUT2D eigenvalue weighted by Crippen LogP contribution is 2.00. The zero-order valence-corrected chi connectivity index (χ0v) is 7.35. The Morgan fingerprint density at radius 1 is 1.45 bits per heavy atom. The van der Waals surface area contributed by atoms with Gasteiger partial charge in [-0.2, -0.15) is 0 Å². The number of esters is 1. The summed E-state index contributed by atoms with van der Waals surface area (Å²) in [6.07, 6.45) is 2.65. The summed E-state index contributed by atoms with van der Waals surface area (Å²) in [6, 6.07) is 0. The summed E-state index contributed by atoms with van der Waals surface area (Å²) in [5, 5.41) is 0. The summed E-state index contributed by atoms with van der Waals surface area (Å²) in [5.41, 5.74) is 0.557. The van der Waals surface area contributed by atoms with E-state index >= 15 is 0 Å². The van der Waals surface area contributed by atoms with E-state index in [1.54, 1.807) is 0 Å². The third-order valence-corrected chi connectivity index (χ3v) is 1.45. The second-order valence-corrected chi connectivity index (χ2v) is 2.45. The van der Waals surface area contributed by atoms with E-state index in [1.807, 2.05) is 6.92 Å². The maximum absolute atomic E-state index is 10.9. The molecule has 0 aromatic heterocycles. The van der Waals surface area contributed by atoms with E-state index in [1.165, 1.54) is 0 Å². The van der Waals surface area contributed by atoms with Crippen LogP contribution in [0.2, 0.25) is 0 Å². The van der Waals surface area contributed by atoms with E-state index < -0.39 is 0 Å². The molecule has 0 aromatic carbocycles. The van der Waals surface area contributed by atoms with Crippen LogP contribution in [-0.2, 0) is 9.53 Å². The van der Waals surface area contributed by atoms with E-state index in [4.69, 9.17) is 4.74 Å². The van der Waals surface area contributed by atoms with Gasteiger partial charge in [-0.15, -0.1) is 0 Å². The monoisotopic (exact) mass is 156 g/mol. The third-order valence-electron chi connectivity index (χ3n) is 1.45. The molecule has 2 nitrogen and oxygen atoms in total. The SMILES string of the molecule is C=C(CC)C(=O)OCCCC. The standard InChI is InChI=1S/C9H16O2/c1-4-6-7-11-9(10)8(3)5-2/h3-7H2,1-2H3. The number of unbranched alkanes of at least 4 members (excludes halogenated alkanes) is 1. The van der Waals surface area contributed by atoms with Crippen LogP contribution in [0.4, 0.5) is 0 Å². The van der Waals surface area contributed by atoms with Gasteiger partial charge in [0.2, 0.25) is 0 Å². The molecular weight excluding hydrogens is 140 g/mol. The Balaban J connectivity index is 3.44. The highest BCUT2D eigenvalue weighted by atomic mass is 16.5. The van der Waals surface area contributed by atoms with Gasteiger partial charge in [0.25, 0.3) is 0 Å². The predicted molar refractivity (Wildman–Crippen MR) is 45.3 cm³/mol. The zero-order valence-electron chi connectivity index (χ0n) is 7.35. The predicted octanol–water partition coefficient (Wildman–Crippen LogP) is 2.30. The van der Waals surface area contributed by atoms with Crippen LogP contribution in [0.3, 0.4) is 0 Å². The smallest absolute Gasteiger partial charge is 0.333 e. The third kappa shape index (κ3) is 4.59. The summed E-state index contributed by atoms with van der Waals surface area (Å²) in [7, 11) is 0. The van der Waals surface area contributed by atoms with Gasteiger partial charge in [0.1, 0.15) is 0 Å². The first kappa shape index (κ1) is 10.2. The number of ether oxygens (including phenoxy) is 1. The minimum atomic E-state index is -0.249. The molecule has 0 amide bonds. The Kier molecular flexibility index (Phi) is 5.53. The molecule has 0 spiro atoms.